The average Bonchev–Trinajstić information content (AvgIpc) is 3.61. The van der Waals surface area contributed by atoms with E-state index in [-0.39, 0.29) is 12.5 Å². The molecule has 1 aromatic carbocycles. The van der Waals surface area contributed by atoms with Gasteiger partial charge in [0, 0.05) is 56.3 Å². The number of rotatable bonds is 8. The van der Waals surface area contributed by atoms with Crippen LogP contribution in [0.5, 0.6) is 5.88 Å². The van der Waals surface area contributed by atoms with Crippen LogP contribution in [0.3, 0.4) is 0 Å². The van der Waals surface area contributed by atoms with Crippen LogP contribution in [-0.2, 0) is 11.3 Å². The highest BCUT2D eigenvalue weighted by molar-refractivity contribution is 5.97. The van der Waals surface area contributed by atoms with Crippen LogP contribution in [0, 0.1) is 6.92 Å². The minimum absolute atomic E-state index is 0.0652. The Morgan fingerprint density at radius 1 is 1.10 bits per heavy atom. The average molecular weight is 529 g/mol. The number of likely N-dealkylation sites (N-methyl/N-ethyl adjacent to an activating group) is 1. The van der Waals surface area contributed by atoms with E-state index in [1.807, 2.05) is 38.2 Å². The standard InChI is InChI=1S/C27H28N8O4/c1-18-15-23(32-39-18)25-30-29-24-21-5-3-4-6-22(21)26(31-35(24)25)38-17-20-8-7-19(16-28-20)27(36)33(2)9-10-34-11-13-37-14-12-34/h3-8,15-16H,9-14,17H2,1-2H3. The van der Waals surface area contributed by atoms with Gasteiger partial charge in [0.25, 0.3) is 5.91 Å². The molecule has 1 aliphatic rings. The quantitative estimate of drug-likeness (QED) is 0.297. The van der Waals surface area contributed by atoms with Crippen molar-refractivity contribution in [3.63, 3.8) is 0 Å². The largest absolute Gasteiger partial charge is 0.470 e. The van der Waals surface area contributed by atoms with Crippen molar-refractivity contribution in [3.8, 4) is 17.4 Å². The molecule has 0 N–H and O–H groups in total. The number of hydrogen-bond donors (Lipinski definition) is 0. The van der Waals surface area contributed by atoms with Crippen LogP contribution in [0.25, 0.3) is 27.9 Å². The molecule has 1 aliphatic heterocycles. The maximum atomic E-state index is 12.9. The molecule has 0 spiro atoms. The van der Waals surface area contributed by atoms with Gasteiger partial charge in [0.1, 0.15) is 12.4 Å². The van der Waals surface area contributed by atoms with Crippen molar-refractivity contribution < 1.29 is 18.8 Å². The Labute approximate surface area is 224 Å². The maximum absolute atomic E-state index is 12.9. The first-order valence-corrected chi connectivity index (χ1v) is 12.8. The molecule has 4 aromatic heterocycles. The second kappa shape index (κ2) is 10.8. The molecule has 0 radical (unpaired) electrons. The molecule has 5 heterocycles. The Morgan fingerprint density at radius 2 is 1.92 bits per heavy atom. The molecule has 6 rings (SSSR count). The number of carbonyl (C=O) groups is 1. The summed E-state index contributed by atoms with van der Waals surface area (Å²) in [5, 5.41) is 19.0. The smallest absolute Gasteiger partial charge is 0.255 e. The fourth-order valence-corrected chi connectivity index (χ4v) is 4.51. The molecule has 0 aliphatic carbocycles. The van der Waals surface area contributed by atoms with E-state index in [9.17, 15) is 4.79 Å². The number of carbonyl (C=O) groups excluding carboxylic acids is 1. The fraction of sp³-hybridized carbons (Fsp3) is 0.333. The monoisotopic (exact) mass is 528 g/mol. The van der Waals surface area contributed by atoms with Crippen LogP contribution < -0.4 is 4.74 Å². The third kappa shape index (κ3) is 5.16. The van der Waals surface area contributed by atoms with Gasteiger partial charge in [-0.3, -0.25) is 14.7 Å². The Morgan fingerprint density at radius 3 is 2.67 bits per heavy atom. The van der Waals surface area contributed by atoms with Gasteiger partial charge in [0.2, 0.25) is 11.7 Å². The molecule has 39 heavy (non-hydrogen) atoms. The summed E-state index contributed by atoms with van der Waals surface area (Å²) in [5.74, 6) is 1.46. The number of benzene rings is 1. The van der Waals surface area contributed by atoms with Gasteiger partial charge >= 0.3 is 0 Å². The fourth-order valence-electron chi connectivity index (χ4n) is 4.51. The maximum Gasteiger partial charge on any atom is 0.255 e. The first-order chi connectivity index (χ1) is 19.1. The Hall–Kier alpha value is -4.42. The van der Waals surface area contributed by atoms with Crippen LogP contribution in [0.15, 0.2) is 53.2 Å². The zero-order valence-electron chi connectivity index (χ0n) is 21.8. The Kier molecular flexibility index (Phi) is 6.86. The lowest BCUT2D eigenvalue weighted by Gasteiger charge is -2.28. The highest BCUT2D eigenvalue weighted by Crippen LogP contribution is 2.29. The topological polar surface area (TPSA) is 124 Å². The van der Waals surface area contributed by atoms with E-state index in [0.29, 0.717) is 46.6 Å². The van der Waals surface area contributed by atoms with E-state index in [1.165, 1.54) is 0 Å². The summed E-state index contributed by atoms with van der Waals surface area (Å²) < 4.78 is 18.3. The molecule has 0 bridgehead atoms. The zero-order valence-corrected chi connectivity index (χ0v) is 21.8. The SMILES string of the molecule is Cc1cc(-c2nnc3c4ccccc4c(OCc4ccc(C(=O)N(C)CCN5CCOCC5)cn4)nn23)no1. The van der Waals surface area contributed by atoms with E-state index in [2.05, 4.69) is 30.3 Å². The van der Waals surface area contributed by atoms with Crippen molar-refractivity contribution in [3.05, 3.63) is 65.7 Å². The molecular formula is C27H28N8O4. The summed E-state index contributed by atoms with van der Waals surface area (Å²) in [6.07, 6.45) is 1.59. The number of pyridine rings is 1. The second-order valence-electron chi connectivity index (χ2n) is 9.44. The first-order valence-electron chi connectivity index (χ1n) is 12.8. The van der Waals surface area contributed by atoms with Crippen LogP contribution in [0.4, 0.5) is 0 Å². The second-order valence-corrected chi connectivity index (χ2v) is 9.44. The van der Waals surface area contributed by atoms with Crippen LogP contribution >= 0.6 is 0 Å². The van der Waals surface area contributed by atoms with E-state index in [1.54, 1.807) is 33.8 Å². The van der Waals surface area contributed by atoms with E-state index >= 15 is 0 Å². The molecule has 1 saturated heterocycles. The molecule has 0 atom stereocenters. The summed E-state index contributed by atoms with van der Waals surface area (Å²) in [4.78, 5) is 21.4. The Bertz CT molecular complexity index is 1610. The number of aromatic nitrogens is 6. The van der Waals surface area contributed by atoms with Gasteiger partial charge in [0.05, 0.1) is 24.5 Å². The number of amides is 1. The summed E-state index contributed by atoms with van der Waals surface area (Å²) in [7, 11) is 1.81. The predicted octanol–water partition coefficient (Wildman–Crippen LogP) is 2.62. The predicted molar refractivity (Wildman–Crippen MR) is 141 cm³/mol. The molecule has 1 fully saturated rings. The van der Waals surface area contributed by atoms with Crippen LogP contribution in [0.2, 0.25) is 0 Å². The third-order valence-electron chi connectivity index (χ3n) is 6.72. The van der Waals surface area contributed by atoms with Gasteiger partial charge in [-0.25, -0.2) is 0 Å². The zero-order chi connectivity index (χ0) is 26.8. The number of ether oxygens (including phenoxy) is 2. The molecule has 5 aromatic rings. The number of morpholine rings is 1. The van der Waals surface area contributed by atoms with Crippen molar-refractivity contribution in [2.75, 3.05) is 46.4 Å². The molecule has 0 saturated carbocycles. The van der Waals surface area contributed by atoms with E-state index in [4.69, 9.17) is 14.0 Å². The Balaban J connectivity index is 1.17. The lowest BCUT2D eigenvalue weighted by Crippen LogP contribution is -2.41. The number of aryl methyl sites for hydroxylation is 1. The van der Waals surface area contributed by atoms with Gasteiger partial charge in [-0.1, -0.05) is 23.4 Å². The number of nitrogens with zero attached hydrogens (tertiary/aromatic N) is 8. The number of fused-ring (bicyclic) bond motifs is 3. The summed E-state index contributed by atoms with van der Waals surface area (Å²) in [6, 6.07) is 13.1. The third-order valence-corrected chi connectivity index (χ3v) is 6.72. The lowest BCUT2D eigenvalue weighted by atomic mass is 10.2. The van der Waals surface area contributed by atoms with Crippen LogP contribution in [0.1, 0.15) is 21.8 Å². The normalized spacial score (nSPS) is 14.2. The summed E-state index contributed by atoms with van der Waals surface area (Å²) in [5.41, 5.74) is 2.33. The van der Waals surface area contributed by atoms with Gasteiger partial charge in [-0.2, -0.15) is 4.52 Å². The van der Waals surface area contributed by atoms with Crippen molar-refractivity contribution in [1.29, 1.82) is 0 Å². The molecular weight excluding hydrogens is 500 g/mol. The van der Waals surface area contributed by atoms with Crippen molar-refractivity contribution in [2.45, 2.75) is 13.5 Å². The summed E-state index contributed by atoms with van der Waals surface area (Å²) >= 11 is 0. The van der Waals surface area contributed by atoms with Crippen molar-refractivity contribution in [1.82, 2.24) is 39.8 Å². The molecule has 200 valence electrons. The van der Waals surface area contributed by atoms with Gasteiger partial charge in [0.15, 0.2) is 11.3 Å². The van der Waals surface area contributed by atoms with Gasteiger partial charge in [-0.05, 0) is 25.1 Å². The highest BCUT2D eigenvalue weighted by Gasteiger charge is 2.19. The van der Waals surface area contributed by atoms with Gasteiger partial charge in [-0.15, -0.1) is 15.3 Å². The molecule has 12 heteroatoms. The summed E-state index contributed by atoms with van der Waals surface area (Å²) in [6.45, 7) is 6.72. The lowest BCUT2D eigenvalue weighted by molar-refractivity contribution is 0.0338. The van der Waals surface area contributed by atoms with Crippen molar-refractivity contribution >= 4 is 22.3 Å². The van der Waals surface area contributed by atoms with Crippen LogP contribution in [-0.4, -0.2) is 92.1 Å². The number of hydrogen-bond acceptors (Lipinski definition) is 10. The minimum atomic E-state index is -0.0652. The molecule has 12 nitrogen and oxygen atoms in total. The molecule has 0 unspecified atom stereocenters. The highest BCUT2D eigenvalue weighted by atomic mass is 16.5. The van der Waals surface area contributed by atoms with E-state index < -0.39 is 0 Å². The van der Waals surface area contributed by atoms with Gasteiger partial charge < -0.3 is 18.9 Å². The first kappa shape index (κ1) is 24.9. The molecule has 1 amide bonds. The van der Waals surface area contributed by atoms with Crippen molar-refractivity contribution in [2.24, 2.45) is 0 Å². The van der Waals surface area contributed by atoms with E-state index in [0.717, 1.165) is 43.6 Å². The minimum Gasteiger partial charge on any atom is -0.470 e.